The maximum absolute atomic E-state index is 2.48. The van der Waals surface area contributed by atoms with Gasteiger partial charge in [0, 0.05) is 11.5 Å². The lowest BCUT2D eigenvalue weighted by Gasteiger charge is -2.15. The van der Waals surface area contributed by atoms with Crippen LogP contribution in [0.4, 0.5) is 0 Å². The molecule has 0 aliphatic heterocycles. The van der Waals surface area contributed by atoms with Gasteiger partial charge in [-0.1, -0.05) is 18.9 Å². The third kappa shape index (κ3) is 2.49. The number of aromatic nitrogens is 1. The van der Waals surface area contributed by atoms with Gasteiger partial charge < -0.3 is 0 Å². The maximum atomic E-state index is 2.48. The van der Waals surface area contributed by atoms with Crippen LogP contribution in [0.1, 0.15) is 48.3 Å². The van der Waals surface area contributed by atoms with Crippen LogP contribution in [-0.4, -0.2) is 0 Å². The van der Waals surface area contributed by atoms with Crippen molar-refractivity contribution in [1.29, 1.82) is 0 Å². The Hall–Kier alpha value is -1.67. The molecule has 2 heterocycles. The van der Waals surface area contributed by atoms with Gasteiger partial charge in [-0.25, -0.2) is 0 Å². The second kappa shape index (κ2) is 5.76. The molecule has 2 heteroatoms. The average Bonchev–Trinajstić information content (AvgIpc) is 3.21. The van der Waals surface area contributed by atoms with Gasteiger partial charge in [0.2, 0.25) is 5.69 Å². The van der Waals surface area contributed by atoms with E-state index >= 15 is 0 Å². The molecule has 0 atom stereocenters. The summed E-state index contributed by atoms with van der Waals surface area (Å²) >= 11 is 1.85. The zero-order chi connectivity index (χ0) is 16.0. The molecule has 0 amide bonds. The fourth-order valence-corrected chi connectivity index (χ4v) is 5.00. The highest BCUT2D eigenvalue weighted by Gasteiger charge is 2.23. The summed E-state index contributed by atoms with van der Waals surface area (Å²) in [5, 5.41) is 3.56. The molecule has 0 saturated heterocycles. The standard InChI is InChI=1S/C21H24NS/c1-14-12-18(16-6-4-5-7-16)13-19(15(14)2)20-21-17(9-11-23-21)8-10-22(20)3/h8-13,16H,4-7H2,1-3H3/q+1. The fraction of sp³-hybridized carbons (Fsp3) is 0.381. The van der Waals surface area contributed by atoms with Gasteiger partial charge in [0.25, 0.3) is 0 Å². The predicted octanol–water partition coefficient (Wildman–Crippen LogP) is 5.67. The molecule has 0 radical (unpaired) electrons. The lowest BCUT2D eigenvalue weighted by molar-refractivity contribution is -0.659. The van der Waals surface area contributed by atoms with Crippen LogP contribution in [0.3, 0.4) is 0 Å². The topological polar surface area (TPSA) is 3.88 Å². The summed E-state index contributed by atoms with van der Waals surface area (Å²) in [6, 6.07) is 9.36. The number of hydrogen-bond acceptors (Lipinski definition) is 1. The number of hydrogen-bond donors (Lipinski definition) is 0. The Morgan fingerprint density at radius 2 is 1.87 bits per heavy atom. The van der Waals surface area contributed by atoms with Gasteiger partial charge in [0.15, 0.2) is 6.20 Å². The van der Waals surface area contributed by atoms with E-state index in [1.807, 2.05) is 11.3 Å². The molecule has 1 fully saturated rings. The van der Waals surface area contributed by atoms with Crippen LogP contribution in [0.15, 0.2) is 35.8 Å². The molecule has 0 N–H and O–H groups in total. The van der Waals surface area contributed by atoms with Gasteiger partial charge in [-0.05, 0) is 66.8 Å². The Kier molecular flexibility index (Phi) is 3.73. The smallest absolute Gasteiger partial charge is 0.200 e. The van der Waals surface area contributed by atoms with E-state index in [0.29, 0.717) is 0 Å². The minimum Gasteiger partial charge on any atom is -0.200 e. The van der Waals surface area contributed by atoms with Crippen LogP contribution in [-0.2, 0) is 7.05 Å². The number of benzene rings is 1. The molecule has 4 rings (SSSR count). The zero-order valence-electron chi connectivity index (χ0n) is 14.2. The van der Waals surface area contributed by atoms with Crippen LogP contribution in [0.2, 0.25) is 0 Å². The molecule has 1 saturated carbocycles. The monoisotopic (exact) mass is 322 g/mol. The van der Waals surface area contributed by atoms with E-state index in [4.69, 9.17) is 0 Å². The molecule has 1 aliphatic rings. The first-order valence-corrected chi connectivity index (χ1v) is 9.50. The van der Waals surface area contributed by atoms with E-state index in [1.54, 1.807) is 5.56 Å². The van der Waals surface area contributed by atoms with Crippen LogP contribution in [0.5, 0.6) is 0 Å². The van der Waals surface area contributed by atoms with Gasteiger partial charge >= 0.3 is 0 Å². The summed E-state index contributed by atoms with van der Waals surface area (Å²) in [5.74, 6) is 0.765. The van der Waals surface area contributed by atoms with E-state index in [9.17, 15) is 0 Å². The number of pyridine rings is 1. The first-order valence-electron chi connectivity index (χ1n) is 8.62. The third-order valence-corrected chi connectivity index (χ3v) is 6.45. The number of nitrogens with zero attached hydrogens (tertiary/aromatic N) is 1. The Bertz CT molecular complexity index is 869. The first-order chi connectivity index (χ1) is 11.1. The number of thiophene rings is 1. The highest BCUT2D eigenvalue weighted by Crippen LogP contribution is 2.39. The van der Waals surface area contributed by atoms with Crippen LogP contribution >= 0.6 is 11.3 Å². The molecular formula is C21H24NS+. The van der Waals surface area contributed by atoms with Crippen molar-refractivity contribution in [1.82, 2.24) is 0 Å². The van der Waals surface area contributed by atoms with Crippen molar-refractivity contribution >= 4 is 21.4 Å². The summed E-state index contributed by atoms with van der Waals surface area (Å²) in [7, 11) is 2.17. The third-order valence-electron chi connectivity index (χ3n) is 5.51. The highest BCUT2D eigenvalue weighted by atomic mass is 32.1. The van der Waals surface area contributed by atoms with Gasteiger partial charge in [0.1, 0.15) is 11.7 Å². The van der Waals surface area contributed by atoms with Crippen LogP contribution < -0.4 is 4.57 Å². The largest absolute Gasteiger partial charge is 0.230 e. The minimum atomic E-state index is 0.765. The SMILES string of the molecule is Cc1cc(C2CCCC2)cc(-c2c3sccc3cc[n+]2C)c1C. The van der Waals surface area contributed by atoms with E-state index in [-0.39, 0.29) is 0 Å². The lowest BCUT2D eigenvalue weighted by atomic mass is 9.90. The molecule has 0 bridgehead atoms. The molecule has 23 heavy (non-hydrogen) atoms. The van der Waals surface area contributed by atoms with Crippen LogP contribution in [0.25, 0.3) is 21.3 Å². The van der Waals surface area contributed by atoms with E-state index in [1.165, 1.54) is 58.2 Å². The van der Waals surface area contributed by atoms with E-state index in [0.717, 1.165) is 5.92 Å². The Morgan fingerprint density at radius 3 is 2.65 bits per heavy atom. The molecule has 0 unspecified atom stereocenters. The molecule has 118 valence electrons. The number of aryl methyl sites for hydroxylation is 2. The van der Waals surface area contributed by atoms with Crippen molar-refractivity contribution in [2.75, 3.05) is 0 Å². The summed E-state index contributed by atoms with van der Waals surface area (Å²) in [5.41, 5.74) is 7.19. The molecule has 3 aromatic rings. The minimum absolute atomic E-state index is 0.765. The second-order valence-corrected chi connectivity index (χ2v) is 7.89. The Labute approximate surface area is 142 Å². The normalized spacial score (nSPS) is 15.6. The van der Waals surface area contributed by atoms with Gasteiger partial charge in [-0.3, -0.25) is 0 Å². The number of rotatable bonds is 2. The van der Waals surface area contributed by atoms with E-state index < -0.39 is 0 Å². The molecular weight excluding hydrogens is 298 g/mol. The quantitative estimate of drug-likeness (QED) is 0.535. The predicted molar refractivity (Wildman–Crippen MR) is 99.1 cm³/mol. The van der Waals surface area contributed by atoms with Crippen molar-refractivity contribution in [3.05, 3.63) is 52.5 Å². The molecule has 0 spiro atoms. The average molecular weight is 322 g/mol. The van der Waals surface area contributed by atoms with Crippen LogP contribution in [0, 0.1) is 13.8 Å². The lowest BCUT2D eigenvalue weighted by Crippen LogP contribution is -2.30. The zero-order valence-corrected chi connectivity index (χ0v) is 15.0. The summed E-state index contributed by atoms with van der Waals surface area (Å²) in [6.45, 7) is 4.54. The maximum Gasteiger partial charge on any atom is 0.230 e. The molecule has 1 aliphatic carbocycles. The highest BCUT2D eigenvalue weighted by molar-refractivity contribution is 7.17. The van der Waals surface area contributed by atoms with Gasteiger partial charge in [-0.2, -0.15) is 4.57 Å². The van der Waals surface area contributed by atoms with Gasteiger partial charge in [-0.15, -0.1) is 11.3 Å². The Morgan fingerprint density at radius 1 is 1.09 bits per heavy atom. The molecule has 1 nitrogen and oxygen atoms in total. The van der Waals surface area contributed by atoms with Gasteiger partial charge in [0.05, 0.1) is 5.56 Å². The summed E-state index contributed by atoms with van der Waals surface area (Å²) in [6.07, 6.45) is 7.69. The van der Waals surface area contributed by atoms with Crippen molar-refractivity contribution in [3.63, 3.8) is 0 Å². The summed E-state index contributed by atoms with van der Waals surface area (Å²) < 4.78 is 3.69. The second-order valence-electron chi connectivity index (χ2n) is 6.97. The Balaban J connectivity index is 1.96. The summed E-state index contributed by atoms with van der Waals surface area (Å²) in [4.78, 5) is 0. The fourth-order valence-electron chi connectivity index (χ4n) is 4.01. The first kappa shape index (κ1) is 14.9. The molecule has 2 aromatic heterocycles. The van der Waals surface area contributed by atoms with E-state index in [2.05, 4.69) is 61.3 Å². The molecule has 1 aromatic carbocycles. The number of fused-ring (bicyclic) bond motifs is 1. The van der Waals surface area contributed by atoms with Crippen molar-refractivity contribution < 1.29 is 4.57 Å². The van der Waals surface area contributed by atoms with Crippen molar-refractivity contribution in [3.8, 4) is 11.3 Å². The van der Waals surface area contributed by atoms with Crippen molar-refractivity contribution in [2.45, 2.75) is 45.4 Å². The van der Waals surface area contributed by atoms with Crippen molar-refractivity contribution in [2.24, 2.45) is 7.05 Å².